The molecule has 0 saturated heterocycles. The maximum absolute atomic E-state index is 11.5. The summed E-state index contributed by atoms with van der Waals surface area (Å²) in [5.41, 5.74) is 1.17. The Morgan fingerprint density at radius 3 is 2.89 bits per heavy atom. The molecule has 2 aromatic rings. The fraction of sp³-hybridized carbons (Fsp3) is 0.231. The van der Waals surface area contributed by atoms with Crippen LogP contribution in [0.3, 0.4) is 0 Å². The molecule has 0 fully saturated rings. The van der Waals surface area contributed by atoms with Crippen LogP contribution in [0.2, 0.25) is 0 Å². The minimum atomic E-state index is -0.317. The van der Waals surface area contributed by atoms with Crippen LogP contribution in [0.25, 0.3) is 0 Å². The standard InChI is InChI=1S/C13H14N2O2S/c1-2-17-12(16)11-9-15-13(18-11)14-8-10-6-4-3-5-7-10/h3-7,9H,2,8H2,1H3,(H,14,15). The fourth-order valence-corrected chi connectivity index (χ4v) is 2.13. The number of hydrogen-bond acceptors (Lipinski definition) is 5. The van der Waals surface area contributed by atoms with Gasteiger partial charge in [-0.15, -0.1) is 0 Å². The molecule has 0 unspecified atom stereocenters. The third-order valence-corrected chi connectivity index (χ3v) is 3.20. The highest BCUT2D eigenvalue weighted by atomic mass is 32.1. The summed E-state index contributed by atoms with van der Waals surface area (Å²) >= 11 is 1.30. The van der Waals surface area contributed by atoms with E-state index < -0.39 is 0 Å². The molecule has 0 aliphatic carbocycles. The van der Waals surface area contributed by atoms with Crippen molar-refractivity contribution in [2.45, 2.75) is 13.5 Å². The van der Waals surface area contributed by atoms with Crippen molar-refractivity contribution < 1.29 is 9.53 Å². The molecule has 0 atom stereocenters. The maximum atomic E-state index is 11.5. The number of nitrogens with zero attached hydrogens (tertiary/aromatic N) is 1. The summed E-state index contributed by atoms with van der Waals surface area (Å²) < 4.78 is 4.91. The van der Waals surface area contributed by atoms with Gasteiger partial charge in [0.15, 0.2) is 5.13 Å². The van der Waals surface area contributed by atoms with E-state index in [0.29, 0.717) is 18.0 Å². The van der Waals surface area contributed by atoms with Crippen molar-refractivity contribution in [1.29, 1.82) is 0 Å². The van der Waals surface area contributed by atoms with Gasteiger partial charge in [0.25, 0.3) is 0 Å². The molecule has 0 spiro atoms. The van der Waals surface area contributed by atoms with Gasteiger partial charge in [-0.05, 0) is 12.5 Å². The number of hydrogen-bond donors (Lipinski definition) is 1. The Hall–Kier alpha value is -1.88. The minimum Gasteiger partial charge on any atom is -0.462 e. The molecule has 1 aromatic carbocycles. The Morgan fingerprint density at radius 2 is 2.17 bits per heavy atom. The minimum absolute atomic E-state index is 0.317. The first-order valence-electron chi connectivity index (χ1n) is 5.70. The van der Waals surface area contributed by atoms with Gasteiger partial charge in [-0.25, -0.2) is 9.78 Å². The smallest absolute Gasteiger partial charge is 0.350 e. The summed E-state index contributed by atoms with van der Waals surface area (Å²) in [6, 6.07) is 10.0. The molecule has 18 heavy (non-hydrogen) atoms. The molecule has 0 radical (unpaired) electrons. The molecule has 5 heteroatoms. The van der Waals surface area contributed by atoms with Crippen LogP contribution in [0, 0.1) is 0 Å². The zero-order valence-electron chi connectivity index (χ0n) is 10.1. The van der Waals surface area contributed by atoms with Crippen LogP contribution >= 0.6 is 11.3 Å². The van der Waals surface area contributed by atoms with Gasteiger partial charge in [-0.2, -0.15) is 0 Å². The average Bonchev–Trinajstić information content (AvgIpc) is 2.87. The van der Waals surface area contributed by atoms with E-state index >= 15 is 0 Å². The van der Waals surface area contributed by atoms with Crippen LogP contribution in [0.4, 0.5) is 5.13 Å². The Balaban J connectivity index is 1.93. The van der Waals surface area contributed by atoms with Crippen LogP contribution in [-0.4, -0.2) is 17.6 Å². The Kier molecular flexibility index (Phi) is 4.30. The molecular weight excluding hydrogens is 248 g/mol. The number of rotatable bonds is 5. The van der Waals surface area contributed by atoms with Crippen LogP contribution in [0.15, 0.2) is 36.5 Å². The third-order valence-electron chi connectivity index (χ3n) is 2.27. The first kappa shape index (κ1) is 12.6. The van der Waals surface area contributed by atoms with E-state index in [9.17, 15) is 4.79 Å². The number of thiazole rings is 1. The third kappa shape index (κ3) is 3.30. The van der Waals surface area contributed by atoms with Crippen LogP contribution in [0.1, 0.15) is 22.2 Å². The van der Waals surface area contributed by atoms with E-state index in [4.69, 9.17) is 4.74 Å². The molecule has 0 aliphatic heterocycles. The molecule has 2 rings (SSSR count). The van der Waals surface area contributed by atoms with Crippen molar-refractivity contribution >= 4 is 22.4 Å². The lowest BCUT2D eigenvalue weighted by atomic mass is 10.2. The van der Waals surface area contributed by atoms with E-state index in [2.05, 4.69) is 10.3 Å². The van der Waals surface area contributed by atoms with Gasteiger partial charge in [0, 0.05) is 6.54 Å². The van der Waals surface area contributed by atoms with E-state index in [-0.39, 0.29) is 5.97 Å². The molecule has 0 amide bonds. The number of carbonyl (C=O) groups is 1. The lowest BCUT2D eigenvalue weighted by Gasteiger charge is -2.01. The summed E-state index contributed by atoms with van der Waals surface area (Å²) in [7, 11) is 0. The normalized spacial score (nSPS) is 10.1. The second kappa shape index (κ2) is 6.16. The monoisotopic (exact) mass is 262 g/mol. The molecular formula is C13H14N2O2S. The number of benzene rings is 1. The quantitative estimate of drug-likeness (QED) is 0.842. The Morgan fingerprint density at radius 1 is 1.39 bits per heavy atom. The second-order valence-electron chi connectivity index (χ2n) is 3.59. The number of anilines is 1. The number of esters is 1. The van der Waals surface area contributed by atoms with Crippen molar-refractivity contribution in [1.82, 2.24) is 4.98 Å². The molecule has 0 saturated carbocycles. The van der Waals surface area contributed by atoms with E-state index in [1.54, 1.807) is 6.92 Å². The molecule has 94 valence electrons. The fourth-order valence-electron chi connectivity index (χ4n) is 1.43. The first-order valence-corrected chi connectivity index (χ1v) is 6.52. The molecule has 1 N–H and O–H groups in total. The average molecular weight is 262 g/mol. The highest BCUT2D eigenvalue weighted by Gasteiger charge is 2.10. The number of carbonyl (C=O) groups excluding carboxylic acids is 1. The summed E-state index contributed by atoms with van der Waals surface area (Å²) in [5, 5.41) is 3.90. The molecule has 4 nitrogen and oxygen atoms in total. The lowest BCUT2D eigenvalue weighted by Crippen LogP contribution is -2.01. The van der Waals surface area contributed by atoms with E-state index in [0.717, 1.165) is 5.13 Å². The van der Waals surface area contributed by atoms with Crippen molar-refractivity contribution in [3.8, 4) is 0 Å². The van der Waals surface area contributed by atoms with E-state index in [1.807, 2.05) is 30.3 Å². The topological polar surface area (TPSA) is 51.2 Å². The largest absolute Gasteiger partial charge is 0.462 e. The van der Waals surface area contributed by atoms with Crippen LogP contribution in [-0.2, 0) is 11.3 Å². The molecule has 1 heterocycles. The maximum Gasteiger partial charge on any atom is 0.350 e. The summed E-state index contributed by atoms with van der Waals surface area (Å²) in [6.45, 7) is 2.85. The predicted molar refractivity (Wildman–Crippen MR) is 71.8 cm³/mol. The van der Waals surface area contributed by atoms with Crippen molar-refractivity contribution in [2.75, 3.05) is 11.9 Å². The lowest BCUT2D eigenvalue weighted by molar-refractivity contribution is 0.0532. The number of ether oxygens (including phenoxy) is 1. The molecule has 0 aliphatic rings. The predicted octanol–water partition coefficient (Wildman–Crippen LogP) is 2.93. The summed E-state index contributed by atoms with van der Waals surface area (Å²) in [6.07, 6.45) is 1.54. The van der Waals surface area contributed by atoms with Crippen molar-refractivity contribution in [2.24, 2.45) is 0 Å². The van der Waals surface area contributed by atoms with Gasteiger partial charge in [0.2, 0.25) is 0 Å². The molecule has 0 bridgehead atoms. The van der Waals surface area contributed by atoms with Gasteiger partial charge in [0.05, 0.1) is 12.8 Å². The van der Waals surface area contributed by atoms with E-state index in [1.165, 1.54) is 23.1 Å². The molecule has 1 aromatic heterocycles. The zero-order chi connectivity index (χ0) is 12.8. The van der Waals surface area contributed by atoms with Gasteiger partial charge < -0.3 is 10.1 Å². The Bertz CT molecular complexity index is 511. The van der Waals surface area contributed by atoms with Gasteiger partial charge in [0.1, 0.15) is 4.88 Å². The zero-order valence-corrected chi connectivity index (χ0v) is 10.9. The number of nitrogens with one attached hydrogen (secondary N) is 1. The highest BCUT2D eigenvalue weighted by molar-refractivity contribution is 7.17. The van der Waals surface area contributed by atoms with Crippen LogP contribution in [0.5, 0.6) is 0 Å². The van der Waals surface area contributed by atoms with Crippen LogP contribution < -0.4 is 5.32 Å². The summed E-state index contributed by atoms with van der Waals surface area (Å²) in [4.78, 5) is 16.1. The number of aromatic nitrogens is 1. The second-order valence-corrected chi connectivity index (χ2v) is 4.62. The Labute approximate surface area is 110 Å². The SMILES string of the molecule is CCOC(=O)c1cnc(NCc2ccccc2)s1. The van der Waals surface area contributed by atoms with Gasteiger partial charge in [-0.3, -0.25) is 0 Å². The van der Waals surface area contributed by atoms with Gasteiger partial charge in [-0.1, -0.05) is 41.7 Å². The first-order chi connectivity index (χ1) is 8.79. The highest BCUT2D eigenvalue weighted by Crippen LogP contribution is 2.19. The van der Waals surface area contributed by atoms with Gasteiger partial charge >= 0.3 is 5.97 Å². The summed E-state index contributed by atoms with van der Waals surface area (Å²) in [5.74, 6) is -0.317. The van der Waals surface area contributed by atoms with Crippen molar-refractivity contribution in [3.63, 3.8) is 0 Å². The van der Waals surface area contributed by atoms with Crippen molar-refractivity contribution in [3.05, 3.63) is 47.0 Å².